The van der Waals surface area contributed by atoms with Crippen molar-refractivity contribution in [3.05, 3.63) is 63.8 Å². The van der Waals surface area contributed by atoms with E-state index in [0.29, 0.717) is 28.7 Å². The van der Waals surface area contributed by atoms with E-state index in [1.54, 1.807) is 25.1 Å². The number of hydrogen-bond acceptors (Lipinski definition) is 3. The molecule has 0 saturated heterocycles. The summed E-state index contributed by atoms with van der Waals surface area (Å²) >= 11 is 6.25. The van der Waals surface area contributed by atoms with Crippen LogP contribution in [0.25, 0.3) is 10.9 Å². The third-order valence-electron chi connectivity index (χ3n) is 4.99. The van der Waals surface area contributed by atoms with E-state index in [1.165, 1.54) is 18.2 Å². The SMILES string of the molecule is Cc1c(C(=O)O)c2c(C(C(=O)O)c3cc(O)ccc3Cl)cccc2n1CC(C)C. The molecule has 0 radical (unpaired) electrons. The summed E-state index contributed by atoms with van der Waals surface area (Å²) in [6.45, 7) is 6.39. The van der Waals surface area contributed by atoms with Gasteiger partial charge in [0.2, 0.25) is 0 Å². The molecule has 0 fully saturated rings. The summed E-state index contributed by atoms with van der Waals surface area (Å²) in [7, 11) is 0. The Morgan fingerprint density at radius 2 is 1.79 bits per heavy atom. The Hall–Kier alpha value is -2.99. The molecule has 2 aromatic carbocycles. The van der Waals surface area contributed by atoms with Crippen molar-refractivity contribution >= 4 is 34.4 Å². The van der Waals surface area contributed by atoms with Gasteiger partial charge in [0.15, 0.2) is 0 Å². The molecular formula is C22H22ClNO5. The molecule has 0 aliphatic carbocycles. The van der Waals surface area contributed by atoms with Gasteiger partial charge in [-0.1, -0.05) is 37.6 Å². The van der Waals surface area contributed by atoms with Crippen molar-refractivity contribution in [2.24, 2.45) is 5.92 Å². The van der Waals surface area contributed by atoms with Gasteiger partial charge in [0.1, 0.15) is 11.7 Å². The highest BCUT2D eigenvalue weighted by molar-refractivity contribution is 6.31. The first-order valence-corrected chi connectivity index (χ1v) is 9.57. The van der Waals surface area contributed by atoms with Gasteiger partial charge in [0, 0.05) is 28.2 Å². The van der Waals surface area contributed by atoms with Crippen LogP contribution in [0, 0.1) is 12.8 Å². The molecule has 0 saturated carbocycles. The number of fused-ring (bicyclic) bond motifs is 1. The van der Waals surface area contributed by atoms with Crippen LogP contribution in [0.4, 0.5) is 0 Å². The first-order valence-electron chi connectivity index (χ1n) is 9.19. The molecule has 0 aliphatic heterocycles. The molecule has 1 heterocycles. The normalized spacial score (nSPS) is 12.4. The monoisotopic (exact) mass is 415 g/mol. The number of hydrogen-bond donors (Lipinski definition) is 3. The molecular weight excluding hydrogens is 394 g/mol. The molecule has 1 unspecified atom stereocenters. The fraction of sp³-hybridized carbons (Fsp3) is 0.273. The molecule has 3 rings (SSSR count). The van der Waals surface area contributed by atoms with Crippen molar-refractivity contribution in [1.29, 1.82) is 0 Å². The standard InChI is InChI=1S/C22H22ClNO5/c1-11(2)10-24-12(3)18(21(26)27)20-14(5-4-6-17(20)24)19(22(28)29)15-9-13(25)7-8-16(15)23/h4-9,11,19,25H,10H2,1-3H3,(H,26,27)(H,28,29). The zero-order valence-corrected chi connectivity index (χ0v) is 17.1. The number of carbonyl (C=O) groups is 2. The Balaban J connectivity index is 2.40. The van der Waals surface area contributed by atoms with Crippen molar-refractivity contribution in [2.75, 3.05) is 0 Å². The molecule has 3 N–H and O–H groups in total. The first-order chi connectivity index (χ1) is 13.6. The van der Waals surface area contributed by atoms with Gasteiger partial charge < -0.3 is 19.9 Å². The molecule has 0 spiro atoms. The summed E-state index contributed by atoms with van der Waals surface area (Å²) in [6, 6.07) is 9.22. The minimum absolute atomic E-state index is 0.0822. The minimum Gasteiger partial charge on any atom is -0.508 e. The fourth-order valence-corrected chi connectivity index (χ4v) is 4.07. The van der Waals surface area contributed by atoms with Crippen LogP contribution in [0.15, 0.2) is 36.4 Å². The van der Waals surface area contributed by atoms with E-state index < -0.39 is 17.9 Å². The van der Waals surface area contributed by atoms with Crippen LogP contribution in [-0.2, 0) is 11.3 Å². The second kappa shape index (κ2) is 7.79. The second-order valence-electron chi connectivity index (χ2n) is 7.49. The van der Waals surface area contributed by atoms with Gasteiger partial charge in [-0.15, -0.1) is 0 Å². The molecule has 0 bridgehead atoms. The van der Waals surface area contributed by atoms with Crippen LogP contribution in [0.5, 0.6) is 5.75 Å². The molecule has 152 valence electrons. The quantitative estimate of drug-likeness (QED) is 0.532. The van der Waals surface area contributed by atoms with Gasteiger partial charge in [-0.2, -0.15) is 0 Å². The van der Waals surface area contributed by atoms with Gasteiger partial charge in [0.05, 0.1) is 5.56 Å². The molecule has 1 atom stereocenters. The van der Waals surface area contributed by atoms with E-state index in [-0.39, 0.29) is 27.8 Å². The number of carboxylic acids is 2. The van der Waals surface area contributed by atoms with Gasteiger partial charge >= 0.3 is 11.9 Å². The van der Waals surface area contributed by atoms with Crippen LogP contribution in [0.1, 0.15) is 46.9 Å². The number of aromatic hydroxyl groups is 1. The summed E-state index contributed by atoms with van der Waals surface area (Å²) in [4.78, 5) is 24.4. The summed E-state index contributed by atoms with van der Waals surface area (Å²) in [5.74, 6) is -3.38. The van der Waals surface area contributed by atoms with E-state index in [9.17, 15) is 24.9 Å². The number of aromatic nitrogens is 1. The molecule has 7 heteroatoms. The lowest BCUT2D eigenvalue weighted by Crippen LogP contribution is -2.15. The Bertz CT molecular complexity index is 1120. The lowest BCUT2D eigenvalue weighted by molar-refractivity contribution is -0.137. The number of rotatable bonds is 6. The second-order valence-corrected chi connectivity index (χ2v) is 7.90. The van der Waals surface area contributed by atoms with Gasteiger partial charge in [0.25, 0.3) is 0 Å². The van der Waals surface area contributed by atoms with Crippen molar-refractivity contribution in [3.8, 4) is 5.75 Å². The number of phenolic OH excluding ortho intramolecular Hbond substituents is 1. The fourth-order valence-electron chi connectivity index (χ4n) is 3.84. The minimum atomic E-state index is -1.23. The lowest BCUT2D eigenvalue weighted by atomic mass is 9.87. The van der Waals surface area contributed by atoms with Crippen LogP contribution in [0.3, 0.4) is 0 Å². The lowest BCUT2D eigenvalue weighted by Gasteiger charge is -2.17. The maximum absolute atomic E-state index is 12.3. The molecule has 1 aromatic heterocycles. The largest absolute Gasteiger partial charge is 0.508 e. The Morgan fingerprint density at radius 1 is 1.10 bits per heavy atom. The van der Waals surface area contributed by atoms with Crippen molar-refractivity contribution in [3.63, 3.8) is 0 Å². The molecule has 0 aliphatic rings. The Labute approximate surface area is 173 Å². The predicted octanol–water partition coefficient (Wildman–Crippen LogP) is 4.88. The highest BCUT2D eigenvalue weighted by Gasteiger charge is 2.31. The number of carboxylic acid groups (broad SMARTS) is 2. The molecule has 0 amide bonds. The number of aromatic carboxylic acids is 1. The number of halogens is 1. The van der Waals surface area contributed by atoms with Crippen LogP contribution < -0.4 is 0 Å². The van der Waals surface area contributed by atoms with Crippen molar-refractivity contribution in [1.82, 2.24) is 4.57 Å². The van der Waals surface area contributed by atoms with E-state index in [4.69, 9.17) is 11.6 Å². The third-order valence-corrected chi connectivity index (χ3v) is 5.34. The molecule has 3 aromatic rings. The van der Waals surface area contributed by atoms with E-state index in [1.807, 2.05) is 18.4 Å². The van der Waals surface area contributed by atoms with Gasteiger partial charge in [-0.05, 0) is 48.2 Å². The molecule has 29 heavy (non-hydrogen) atoms. The van der Waals surface area contributed by atoms with Gasteiger partial charge in [-0.3, -0.25) is 4.79 Å². The van der Waals surface area contributed by atoms with Crippen LogP contribution >= 0.6 is 11.6 Å². The average Bonchev–Trinajstić information content (AvgIpc) is 2.90. The van der Waals surface area contributed by atoms with E-state index >= 15 is 0 Å². The summed E-state index contributed by atoms with van der Waals surface area (Å²) in [5.41, 5.74) is 1.84. The maximum Gasteiger partial charge on any atom is 0.338 e. The number of benzene rings is 2. The van der Waals surface area contributed by atoms with E-state index in [0.717, 1.165) is 0 Å². The number of nitrogens with zero attached hydrogens (tertiary/aromatic N) is 1. The van der Waals surface area contributed by atoms with Gasteiger partial charge in [-0.25, -0.2) is 4.79 Å². The number of aliphatic carboxylic acids is 1. The van der Waals surface area contributed by atoms with E-state index in [2.05, 4.69) is 0 Å². The van der Waals surface area contributed by atoms with Crippen molar-refractivity contribution in [2.45, 2.75) is 33.2 Å². The smallest absolute Gasteiger partial charge is 0.338 e. The van der Waals surface area contributed by atoms with Crippen LogP contribution in [-0.4, -0.2) is 31.8 Å². The highest BCUT2D eigenvalue weighted by Crippen LogP contribution is 2.39. The Kier molecular flexibility index (Phi) is 5.57. The number of phenols is 1. The zero-order valence-electron chi connectivity index (χ0n) is 16.3. The predicted molar refractivity (Wildman–Crippen MR) is 111 cm³/mol. The Morgan fingerprint density at radius 3 is 2.38 bits per heavy atom. The summed E-state index contributed by atoms with van der Waals surface area (Å²) in [5, 5.41) is 30.3. The highest BCUT2D eigenvalue weighted by atomic mass is 35.5. The van der Waals surface area contributed by atoms with Crippen LogP contribution in [0.2, 0.25) is 5.02 Å². The molecule has 6 nitrogen and oxygen atoms in total. The average molecular weight is 416 g/mol. The third kappa shape index (κ3) is 3.68. The van der Waals surface area contributed by atoms with Crippen molar-refractivity contribution < 1.29 is 24.9 Å². The topological polar surface area (TPSA) is 99.8 Å². The first kappa shape index (κ1) is 20.7. The summed E-state index contributed by atoms with van der Waals surface area (Å²) in [6.07, 6.45) is 0. The summed E-state index contributed by atoms with van der Waals surface area (Å²) < 4.78 is 1.91. The zero-order chi connectivity index (χ0) is 21.5. The maximum atomic E-state index is 12.3.